The van der Waals surface area contributed by atoms with Crippen molar-refractivity contribution < 1.29 is 8.42 Å². The summed E-state index contributed by atoms with van der Waals surface area (Å²) in [4.78, 5) is 2.43. The van der Waals surface area contributed by atoms with E-state index in [9.17, 15) is 8.42 Å². The van der Waals surface area contributed by atoms with Gasteiger partial charge in [-0.15, -0.1) is 0 Å². The van der Waals surface area contributed by atoms with Crippen molar-refractivity contribution in [2.75, 3.05) is 25.9 Å². The molecule has 1 heterocycles. The largest absolute Gasteiger partial charge is 0.329 e. The molecule has 2 rings (SSSR count). The van der Waals surface area contributed by atoms with Gasteiger partial charge < -0.3 is 5.73 Å². The summed E-state index contributed by atoms with van der Waals surface area (Å²) in [7, 11) is -3.03. The zero-order chi connectivity index (χ0) is 15.7. The maximum Gasteiger partial charge on any atom is 0.152 e. The number of likely N-dealkylation sites (tertiary alicyclic amines) is 1. The lowest BCUT2D eigenvalue weighted by Gasteiger charge is -2.50. The van der Waals surface area contributed by atoms with Crippen LogP contribution in [-0.2, 0) is 9.84 Å². The summed E-state index contributed by atoms with van der Waals surface area (Å²) in [5.41, 5.74) is 6.27. The summed E-state index contributed by atoms with van der Waals surface area (Å²) < 4.78 is 24.4. The molecule has 1 aliphatic heterocycles. The first-order valence-electron chi connectivity index (χ1n) is 8.47. The molecule has 2 atom stereocenters. The summed E-state index contributed by atoms with van der Waals surface area (Å²) in [6, 6.07) is 0. The van der Waals surface area contributed by atoms with Crippen LogP contribution >= 0.6 is 0 Å². The highest BCUT2D eigenvalue weighted by molar-refractivity contribution is 7.91. The van der Waals surface area contributed by atoms with Crippen molar-refractivity contribution >= 4 is 9.84 Å². The molecule has 0 spiro atoms. The molecule has 5 heteroatoms. The predicted molar refractivity (Wildman–Crippen MR) is 88.1 cm³/mol. The third-order valence-corrected chi connectivity index (χ3v) is 8.21. The van der Waals surface area contributed by atoms with Crippen LogP contribution in [0.2, 0.25) is 0 Å². The summed E-state index contributed by atoms with van der Waals surface area (Å²) >= 11 is 0. The van der Waals surface area contributed by atoms with Gasteiger partial charge in [0.25, 0.3) is 0 Å². The van der Waals surface area contributed by atoms with Gasteiger partial charge in [-0.3, -0.25) is 4.90 Å². The molecule has 0 aromatic heterocycles. The van der Waals surface area contributed by atoms with Crippen LogP contribution in [0.4, 0.5) is 0 Å². The smallest absolute Gasteiger partial charge is 0.152 e. The molecule has 124 valence electrons. The Morgan fingerprint density at radius 1 is 1.14 bits per heavy atom. The third-order valence-electron chi connectivity index (χ3n) is 6.50. The number of nitrogens with zero attached hydrogens (tertiary/aromatic N) is 1. The Morgan fingerprint density at radius 3 is 2.14 bits per heavy atom. The second-order valence-corrected chi connectivity index (χ2v) is 9.44. The van der Waals surface area contributed by atoms with Gasteiger partial charge in [-0.2, -0.15) is 0 Å². The zero-order valence-corrected chi connectivity index (χ0v) is 14.7. The Kier molecular flexibility index (Phi) is 5.06. The molecule has 1 saturated heterocycles. The summed E-state index contributed by atoms with van der Waals surface area (Å²) in [6.07, 6.45) is 8.89. The maximum atomic E-state index is 12.2. The molecule has 0 aromatic carbocycles. The van der Waals surface area contributed by atoms with Crippen LogP contribution in [-0.4, -0.2) is 50.0 Å². The van der Waals surface area contributed by atoms with Crippen molar-refractivity contribution in [1.29, 1.82) is 0 Å². The van der Waals surface area contributed by atoms with E-state index in [0.717, 1.165) is 32.4 Å². The molecule has 0 amide bonds. The van der Waals surface area contributed by atoms with Crippen LogP contribution in [0.1, 0.15) is 58.8 Å². The van der Waals surface area contributed by atoms with E-state index >= 15 is 0 Å². The molecule has 2 unspecified atom stereocenters. The first-order chi connectivity index (χ1) is 9.83. The Labute approximate surface area is 130 Å². The SMILES string of the molecule is CCC1(CC)CCN(C2(CN)CCCC2S(C)(=O)=O)CC1. The molecule has 2 fully saturated rings. The lowest BCUT2D eigenvalue weighted by Crippen LogP contribution is -2.62. The normalized spacial score (nSPS) is 34.2. The van der Waals surface area contributed by atoms with Crippen LogP contribution in [0.3, 0.4) is 0 Å². The third kappa shape index (κ3) is 3.02. The second kappa shape index (κ2) is 6.17. The number of rotatable bonds is 5. The van der Waals surface area contributed by atoms with E-state index in [2.05, 4.69) is 18.7 Å². The molecule has 2 N–H and O–H groups in total. The molecular weight excluding hydrogens is 284 g/mol. The molecule has 0 radical (unpaired) electrons. The minimum absolute atomic E-state index is 0.272. The van der Waals surface area contributed by atoms with Crippen molar-refractivity contribution in [3.8, 4) is 0 Å². The van der Waals surface area contributed by atoms with Crippen LogP contribution in [0.5, 0.6) is 0 Å². The number of sulfone groups is 1. The Hall–Kier alpha value is -0.130. The van der Waals surface area contributed by atoms with Crippen LogP contribution < -0.4 is 5.73 Å². The maximum absolute atomic E-state index is 12.2. The molecule has 2 aliphatic rings. The molecule has 1 aliphatic carbocycles. The van der Waals surface area contributed by atoms with Crippen molar-refractivity contribution in [2.24, 2.45) is 11.1 Å². The van der Waals surface area contributed by atoms with E-state index in [1.54, 1.807) is 0 Å². The first kappa shape index (κ1) is 17.2. The van der Waals surface area contributed by atoms with Gasteiger partial charge >= 0.3 is 0 Å². The fraction of sp³-hybridized carbons (Fsp3) is 1.00. The van der Waals surface area contributed by atoms with Gasteiger partial charge in [0.2, 0.25) is 0 Å². The van der Waals surface area contributed by atoms with Gasteiger partial charge in [-0.1, -0.05) is 33.1 Å². The monoisotopic (exact) mass is 316 g/mol. The summed E-state index contributed by atoms with van der Waals surface area (Å²) in [6.45, 7) is 7.05. The first-order valence-corrected chi connectivity index (χ1v) is 10.4. The average Bonchev–Trinajstić information content (AvgIpc) is 2.92. The zero-order valence-electron chi connectivity index (χ0n) is 13.9. The minimum Gasteiger partial charge on any atom is -0.329 e. The summed E-state index contributed by atoms with van der Waals surface area (Å²) in [5.74, 6) is 0. The van der Waals surface area contributed by atoms with E-state index in [4.69, 9.17) is 5.73 Å². The minimum atomic E-state index is -3.03. The topological polar surface area (TPSA) is 63.4 Å². The van der Waals surface area contributed by atoms with Crippen molar-refractivity contribution in [3.05, 3.63) is 0 Å². The number of hydrogen-bond donors (Lipinski definition) is 1. The highest BCUT2D eigenvalue weighted by atomic mass is 32.2. The Bertz CT molecular complexity index is 449. The number of nitrogens with two attached hydrogens (primary N) is 1. The highest BCUT2D eigenvalue weighted by Gasteiger charge is 2.52. The van der Waals surface area contributed by atoms with Crippen LogP contribution in [0.25, 0.3) is 0 Å². The number of hydrogen-bond acceptors (Lipinski definition) is 4. The van der Waals surface area contributed by atoms with Gasteiger partial charge in [0.15, 0.2) is 9.84 Å². The quantitative estimate of drug-likeness (QED) is 0.844. The van der Waals surface area contributed by atoms with Gasteiger partial charge in [-0.25, -0.2) is 8.42 Å². The Morgan fingerprint density at radius 2 is 1.71 bits per heavy atom. The lowest BCUT2D eigenvalue weighted by molar-refractivity contribution is 0.0206. The van der Waals surface area contributed by atoms with E-state index in [1.165, 1.54) is 31.9 Å². The lowest BCUT2D eigenvalue weighted by atomic mass is 9.73. The highest BCUT2D eigenvalue weighted by Crippen LogP contribution is 2.44. The fourth-order valence-electron chi connectivity index (χ4n) is 4.74. The van der Waals surface area contributed by atoms with Gasteiger partial charge in [0.1, 0.15) is 0 Å². The summed E-state index contributed by atoms with van der Waals surface area (Å²) in [5, 5.41) is -0.272. The van der Waals surface area contributed by atoms with Gasteiger partial charge in [0, 0.05) is 18.3 Å². The molecule has 1 saturated carbocycles. The van der Waals surface area contributed by atoms with Crippen LogP contribution in [0.15, 0.2) is 0 Å². The standard InChI is InChI=1S/C16H32N2O2S/c1-4-15(5-2)9-11-18(12-10-15)16(13-17)8-6-7-14(16)21(3,19)20/h14H,4-13,17H2,1-3H3. The van der Waals surface area contributed by atoms with Crippen molar-refractivity contribution in [3.63, 3.8) is 0 Å². The average molecular weight is 317 g/mol. The number of piperidine rings is 1. The van der Waals surface area contributed by atoms with E-state index in [1.807, 2.05) is 0 Å². The molecule has 0 aromatic rings. The van der Waals surface area contributed by atoms with Gasteiger partial charge in [0.05, 0.1) is 5.25 Å². The fourth-order valence-corrected chi connectivity index (χ4v) is 6.50. The van der Waals surface area contributed by atoms with Crippen molar-refractivity contribution in [1.82, 2.24) is 4.90 Å². The van der Waals surface area contributed by atoms with Crippen molar-refractivity contribution in [2.45, 2.75) is 69.6 Å². The molecule has 0 bridgehead atoms. The second-order valence-electron chi connectivity index (χ2n) is 7.21. The van der Waals surface area contributed by atoms with E-state index in [-0.39, 0.29) is 10.8 Å². The Balaban J connectivity index is 2.20. The molecule has 21 heavy (non-hydrogen) atoms. The van der Waals surface area contributed by atoms with E-state index < -0.39 is 9.84 Å². The molecule has 4 nitrogen and oxygen atoms in total. The molecular formula is C16H32N2O2S. The van der Waals surface area contributed by atoms with Crippen LogP contribution in [0, 0.1) is 5.41 Å². The van der Waals surface area contributed by atoms with E-state index in [0.29, 0.717) is 12.0 Å². The van der Waals surface area contributed by atoms with Gasteiger partial charge in [-0.05, 0) is 44.2 Å². The predicted octanol–water partition coefficient (Wildman–Crippen LogP) is 2.18.